The van der Waals surface area contributed by atoms with E-state index in [-0.39, 0.29) is 0 Å². The van der Waals surface area contributed by atoms with Crippen molar-refractivity contribution in [1.82, 2.24) is 10.2 Å². The highest BCUT2D eigenvalue weighted by atomic mass is 15.3. The van der Waals surface area contributed by atoms with E-state index >= 15 is 0 Å². The zero-order valence-electron chi connectivity index (χ0n) is 12.8. The van der Waals surface area contributed by atoms with Crippen LogP contribution in [0.1, 0.15) is 66.2 Å². The van der Waals surface area contributed by atoms with Gasteiger partial charge in [0.25, 0.3) is 0 Å². The first-order chi connectivity index (χ1) is 8.56. The molecule has 0 aromatic rings. The summed E-state index contributed by atoms with van der Waals surface area (Å²) in [6, 6.07) is 3.18. The summed E-state index contributed by atoms with van der Waals surface area (Å²) in [5.41, 5.74) is 0. The molecule has 106 valence electrons. The second-order valence-corrected chi connectivity index (χ2v) is 7.10. The maximum Gasteiger partial charge on any atom is 0.0212 e. The van der Waals surface area contributed by atoms with Crippen molar-refractivity contribution >= 4 is 0 Å². The molecule has 2 heteroatoms. The minimum Gasteiger partial charge on any atom is -0.310 e. The van der Waals surface area contributed by atoms with Gasteiger partial charge in [0.2, 0.25) is 0 Å². The van der Waals surface area contributed by atoms with E-state index in [2.05, 4.69) is 37.9 Å². The van der Waals surface area contributed by atoms with E-state index in [1.165, 1.54) is 45.1 Å². The first-order valence-corrected chi connectivity index (χ1v) is 8.08. The lowest BCUT2D eigenvalue weighted by molar-refractivity contribution is 0.253. The maximum absolute atomic E-state index is 3.85. The van der Waals surface area contributed by atoms with E-state index in [1.807, 2.05) is 0 Å². The van der Waals surface area contributed by atoms with Crippen LogP contribution in [0.4, 0.5) is 0 Å². The van der Waals surface area contributed by atoms with Gasteiger partial charge in [0.05, 0.1) is 0 Å². The quantitative estimate of drug-likeness (QED) is 0.747. The molecule has 1 saturated heterocycles. The second kappa shape index (κ2) is 6.38. The first kappa shape index (κ1) is 14.3. The minimum absolute atomic E-state index is 0.695. The van der Waals surface area contributed by atoms with E-state index in [9.17, 15) is 0 Å². The zero-order chi connectivity index (χ0) is 13.1. The molecule has 3 unspecified atom stereocenters. The standard InChI is InChI=1S/C16H32N2/c1-12(2)6-5-7-13(3)17-15-10-14(4)18(11-15)16-8-9-16/h12-17H,5-11H2,1-4H3. The van der Waals surface area contributed by atoms with Crippen LogP contribution in [0.2, 0.25) is 0 Å². The Morgan fingerprint density at radius 2 is 1.89 bits per heavy atom. The molecule has 18 heavy (non-hydrogen) atoms. The number of nitrogens with zero attached hydrogens (tertiary/aromatic N) is 1. The lowest BCUT2D eigenvalue weighted by Gasteiger charge is -2.21. The molecule has 0 bridgehead atoms. The van der Waals surface area contributed by atoms with Gasteiger partial charge < -0.3 is 5.32 Å². The predicted molar refractivity (Wildman–Crippen MR) is 78.9 cm³/mol. The molecule has 1 aliphatic heterocycles. The molecule has 0 spiro atoms. The lowest BCUT2D eigenvalue weighted by Crippen LogP contribution is -2.39. The van der Waals surface area contributed by atoms with E-state index in [1.54, 1.807) is 0 Å². The summed E-state index contributed by atoms with van der Waals surface area (Å²) in [6.45, 7) is 10.7. The van der Waals surface area contributed by atoms with Crippen LogP contribution in [0.15, 0.2) is 0 Å². The van der Waals surface area contributed by atoms with Crippen LogP contribution in [-0.2, 0) is 0 Å². The minimum atomic E-state index is 0.695. The van der Waals surface area contributed by atoms with Crippen molar-refractivity contribution < 1.29 is 0 Å². The molecule has 2 aliphatic rings. The molecule has 1 heterocycles. The Balaban J connectivity index is 1.63. The Morgan fingerprint density at radius 3 is 2.50 bits per heavy atom. The van der Waals surface area contributed by atoms with Gasteiger partial charge in [-0.25, -0.2) is 0 Å². The fraction of sp³-hybridized carbons (Fsp3) is 1.00. The molecule has 1 N–H and O–H groups in total. The number of nitrogens with one attached hydrogen (secondary N) is 1. The predicted octanol–water partition coefficient (Wildman–Crippen LogP) is 3.42. The van der Waals surface area contributed by atoms with Gasteiger partial charge in [-0.2, -0.15) is 0 Å². The molecule has 0 radical (unpaired) electrons. The Morgan fingerprint density at radius 1 is 1.17 bits per heavy atom. The number of likely N-dealkylation sites (tertiary alicyclic amines) is 1. The molecule has 0 amide bonds. The highest BCUT2D eigenvalue weighted by molar-refractivity contribution is 4.96. The highest BCUT2D eigenvalue weighted by Crippen LogP contribution is 2.33. The first-order valence-electron chi connectivity index (χ1n) is 8.08. The van der Waals surface area contributed by atoms with Crippen LogP contribution in [0.25, 0.3) is 0 Å². The molecule has 1 saturated carbocycles. The summed E-state index contributed by atoms with van der Waals surface area (Å²) in [7, 11) is 0. The van der Waals surface area contributed by atoms with Gasteiger partial charge in [0.15, 0.2) is 0 Å². The topological polar surface area (TPSA) is 15.3 Å². The van der Waals surface area contributed by atoms with Crippen molar-refractivity contribution in [2.24, 2.45) is 5.92 Å². The summed E-state index contributed by atoms with van der Waals surface area (Å²) >= 11 is 0. The van der Waals surface area contributed by atoms with Gasteiger partial charge in [-0.15, -0.1) is 0 Å². The van der Waals surface area contributed by atoms with E-state index < -0.39 is 0 Å². The van der Waals surface area contributed by atoms with Crippen LogP contribution in [0, 0.1) is 5.92 Å². The summed E-state index contributed by atoms with van der Waals surface area (Å²) in [4.78, 5) is 2.73. The van der Waals surface area contributed by atoms with Crippen molar-refractivity contribution in [2.45, 2.75) is 90.4 Å². The van der Waals surface area contributed by atoms with Gasteiger partial charge in [-0.3, -0.25) is 4.90 Å². The Labute approximate surface area is 114 Å². The summed E-state index contributed by atoms with van der Waals surface area (Å²) in [6.07, 6.45) is 8.33. The SMILES string of the molecule is CC(C)CCCC(C)NC1CC(C)N(C2CC2)C1. The maximum atomic E-state index is 3.85. The van der Waals surface area contributed by atoms with Gasteiger partial charge in [0.1, 0.15) is 0 Å². The molecular formula is C16H32N2. The molecular weight excluding hydrogens is 220 g/mol. The zero-order valence-corrected chi connectivity index (χ0v) is 12.8. The molecule has 1 aliphatic carbocycles. The number of hydrogen-bond acceptors (Lipinski definition) is 2. The molecule has 3 atom stereocenters. The van der Waals surface area contributed by atoms with Gasteiger partial charge in [-0.05, 0) is 45.4 Å². The van der Waals surface area contributed by atoms with E-state index in [0.29, 0.717) is 6.04 Å². The van der Waals surface area contributed by atoms with Gasteiger partial charge in [0, 0.05) is 30.7 Å². The van der Waals surface area contributed by atoms with Crippen LogP contribution < -0.4 is 5.32 Å². The van der Waals surface area contributed by atoms with Crippen LogP contribution in [0.5, 0.6) is 0 Å². The number of hydrogen-bond donors (Lipinski definition) is 1. The van der Waals surface area contributed by atoms with Crippen molar-refractivity contribution in [3.63, 3.8) is 0 Å². The summed E-state index contributed by atoms with van der Waals surface area (Å²) in [5, 5.41) is 3.85. The third kappa shape index (κ3) is 4.24. The molecule has 0 aromatic carbocycles. The van der Waals surface area contributed by atoms with Crippen LogP contribution in [0.3, 0.4) is 0 Å². The Hall–Kier alpha value is -0.0800. The molecule has 2 rings (SSSR count). The largest absolute Gasteiger partial charge is 0.310 e. The van der Waals surface area contributed by atoms with Crippen LogP contribution >= 0.6 is 0 Å². The fourth-order valence-corrected chi connectivity index (χ4v) is 3.41. The average Bonchev–Trinajstić information content (AvgIpc) is 3.03. The molecule has 2 nitrogen and oxygen atoms in total. The summed E-state index contributed by atoms with van der Waals surface area (Å²) in [5.74, 6) is 0.856. The van der Waals surface area contributed by atoms with E-state index in [4.69, 9.17) is 0 Å². The highest BCUT2D eigenvalue weighted by Gasteiger charge is 2.38. The molecule has 0 aromatic heterocycles. The van der Waals surface area contributed by atoms with Gasteiger partial charge >= 0.3 is 0 Å². The average molecular weight is 252 g/mol. The number of rotatable bonds is 7. The second-order valence-electron chi connectivity index (χ2n) is 7.10. The Bertz CT molecular complexity index is 247. The normalized spacial score (nSPS) is 31.2. The molecule has 2 fully saturated rings. The van der Waals surface area contributed by atoms with Crippen molar-refractivity contribution in [2.75, 3.05) is 6.54 Å². The van der Waals surface area contributed by atoms with Crippen molar-refractivity contribution in [3.8, 4) is 0 Å². The Kier molecular flexibility index (Phi) is 5.08. The fourth-order valence-electron chi connectivity index (χ4n) is 3.41. The van der Waals surface area contributed by atoms with Crippen molar-refractivity contribution in [1.29, 1.82) is 0 Å². The van der Waals surface area contributed by atoms with E-state index in [0.717, 1.165) is 24.0 Å². The smallest absolute Gasteiger partial charge is 0.0212 e. The third-order valence-electron chi connectivity index (χ3n) is 4.58. The third-order valence-corrected chi connectivity index (χ3v) is 4.58. The van der Waals surface area contributed by atoms with Crippen molar-refractivity contribution in [3.05, 3.63) is 0 Å². The van der Waals surface area contributed by atoms with Crippen LogP contribution in [-0.4, -0.2) is 35.6 Å². The van der Waals surface area contributed by atoms with Gasteiger partial charge in [-0.1, -0.05) is 26.7 Å². The summed E-state index contributed by atoms with van der Waals surface area (Å²) < 4.78 is 0. The lowest BCUT2D eigenvalue weighted by atomic mass is 10.0. The monoisotopic (exact) mass is 252 g/mol.